The zero-order valence-corrected chi connectivity index (χ0v) is 15.4. The quantitative estimate of drug-likeness (QED) is 0.697. The van der Waals surface area contributed by atoms with Crippen LogP contribution in [0.25, 0.3) is 11.2 Å². The first-order chi connectivity index (χ1) is 13.3. The lowest BCUT2D eigenvalue weighted by Gasteiger charge is -2.32. The summed E-state index contributed by atoms with van der Waals surface area (Å²) in [6.07, 6.45) is 0. The second kappa shape index (κ2) is 6.32. The van der Waals surface area contributed by atoms with Crippen LogP contribution in [0, 0.1) is 11.7 Å². The summed E-state index contributed by atoms with van der Waals surface area (Å²) in [6, 6.07) is 6.00. The van der Waals surface area contributed by atoms with E-state index in [1.54, 1.807) is 16.7 Å². The van der Waals surface area contributed by atoms with Crippen LogP contribution in [0.5, 0.6) is 0 Å². The number of amides is 1. The summed E-state index contributed by atoms with van der Waals surface area (Å²) in [6.45, 7) is 2.67. The topological polar surface area (TPSA) is 108 Å². The van der Waals surface area contributed by atoms with Gasteiger partial charge in [-0.15, -0.1) is 0 Å². The highest BCUT2D eigenvalue weighted by Gasteiger charge is 2.30. The molecule has 9 nitrogen and oxygen atoms in total. The van der Waals surface area contributed by atoms with Crippen molar-refractivity contribution >= 4 is 28.7 Å². The van der Waals surface area contributed by atoms with Gasteiger partial charge < -0.3 is 15.2 Å². The van der Waals surface area contributed by atoms with E-state index in [1.165, 1.54) is 23.7 Å². The summed E-state index contributed by atoms with van der Waals surface area (Å²) in [4.78, 5) is 43.2. The van der Waals surface area contributed by atoms with Crippen LogP contribution in [-0.2, 0) is 24.9 Å². The van der Waals surface area contributed by atoms with Gasteiger partial charge in [0.05, 0.1) is 0 Å². The molecule has 1 amide bonds. The van der Waals surface area contributed by atoms with Gasteiger partial charge in [-0.05, 0) is 30.2 Å². The van der Waals surface area contributed by atoms with Gasteiger partial charge in [0.15, 0.2) is 11.2 Å². The van der Waals surface area contributed by atoms with E-state index in [4.69, 9.17) is 5.73 Å². The Morgan fingerprint density at radius 2 is 1.93 bits per heavy atom. The van der Waals surface area contributed by atoms with Gasteiger partial charge >= 0.3 is 5.69 Å². The SMILES string of the molecule is C[C@H]1CN(c2ccc(F)cc2)c2nc3c(c(=O)n(CC(N)=O)c(=O)n3C)n2C1. The van der Waals surface area contributed by atoms with Gasteiger partial charge in [0, 0.05) is 25.8 Å². The highest BCUT2D eigenvalue weighted by molar-refractivity contribution is 5.78. The molecule has 0 bridgehead atoms. The fourth-order valence-corrected chi connectivity index (χ4v) is 3.64. The van der Waals surface area contributed by atoms with E-state index in [1.807, 2.05) is 11.8 Å². The van der Waals surface area contributed by atoms with E-state index < -0.39 is 23.7 Å². The molecule has 28 heavy (non-hydrogen) atoms. The number of primary amides is 1. The number of nitrogens with zero attached hydrogens (tertiary/aromatic N) is 5. The first-order valence-corrected chi connectivity index (χ1v) is 8.79. The lowest BCUT2D eigenvalue weighted by molar-refractivity contribution is -0.118. The Kier molecular flexibility index (Phi) is 4.06. The fraction of sp³-hybridized carbons (Fsp3) is 0.333. The smallest absolute Gasteiger partial charge is 0.332 e. The number of hydrogen-bond donors (Lipinski definition) is 1. The predicted molar refractivity (Wildman–Crippen MR) is 101 cm³/mol. The molecule has 0 fully saturated rings. The highest BCUT2D eigenvalue weighted by Crippen LogP contribution is 2.32. The number of hydrogen-bond acceptors (Lipinski definition) is 5. The number of anilines is 2. The number of aryl methyl sites for hydroxylation is 1. The summed E-state index contributed by atoms with van der Waals surface area (Å²) in [7, 11) is 1.49. The lowest BCUT2D eigenvalue weighted by atomic mass is 10.1. The second-order valence-corrected chi connectivity index (χ2v) is 7.09. The third-order valence-corrected chi connectivity index (χ3v) is 4.89. The van der Waals surface area contributed by atoms with Crippen LogP contribution >= 0.6 is 0 Å². The van der Waals surface area contributed by atoms with Gasteiger partial charge in [-0.1, -0.05) is 6.92 Å². The first kappa shape index (κ1) is 18.0. The minimum Gasteiger partial charge on any atom is -0.368 e. The summed E-state index contributed by atoms with van der Waals surface area (Å²) >= 11 is 0. The second-order valence-electron chi connectivity index (χ2n) is 7.09. The Balaban J connectivity index is 2.00. The average molecular weight is 386 g/mol. The molecule has 146 valence electrons. The maximum absolute atomic E-state index is 13.3. The first-order valence-electron chi connectivity index (χ1n) is 8.79. The van der Waals surface area contributed by atoms with Gasteiger partial charge in [-0.2, -0.15) is 4.98 Å². The number of carbonyl (C=O) groups is 1. The Bertz CT molecular complexity index is 1210. The maximum Gasteiger partial charge on any atom is 0.332 e. The number of fused-ring (bicyclic) bond motifs is 3. The van der Waals surface area contributed by atoms with Crippen LogP contribution in [0.1, 0.15) is 6.92 Å². The van der Waals surface area contributed by atoms with E-state index in [9.17, 15) is 18.8 Å². The van der Waals surface area contributed by atoms with Gasteiger partial charge in [0.25, 0.3) is 5.56 Å². The fourth-order valence-electron chi connectivity index (χ4n) is 3.64. The van der Waals surface area contributed by atoms with Crippen molar-refractivity contribution in [2.75, 3.05) is 11.4 Å². The van der Waals surface area contributed by atoms with Crippen LogP contribution < -0.4 is 21.9 Å². The van der Waals surface area contributed by atoms with E-state index in [0.29, 0.717) is 19.0 Å². The maximum atomic E-state index is 13.3. The molecule has 0 aliphatic carbocycles. The molecule has 0 unspecified atom stereocenters. The molecular weight excluding hydrogens is 367 g/mol. The van der Waals surface area contributed by atoms with Crippen LogP contribution in [0.2, 0.25) is 0 Å². The Labute approximate surface area is 158 Å². The molecule has 1 atom stereocenters. The molecule has 0 saturated carbocycles. The van der Waals surface area contributed by atoms with E-state index in [-0.39, 0.29) is 22.9 Å². The molecule has 3 aromatic rings. The molecule has 3 heterocycles. The van der Waals surface area contributed by atoms with E-state index >= 15 is 0 Å². The van der Waals surface area contributed by atoms with Crippen LogP contribution in [-0.4, -0.2) is 31.1 Å². The van der Waals surface area contributed by atoms with Crippen molar-refractivity contribution in [3.8, 4) is 0 Å². The minimum absolute atomic E-state index is 0.163. The highest BCUT2D eigenvalue weighted by atomic mass is 19.1. The predicted octanol–water partition coefficient (Wildman–Crippen LogP) is 0.309. The molecule has 1 aromatic carbocycles. The van der Waals surface area contributed by atoms with Crippen molar-refractivity contribution < 1.29 is 9.18 Å². The summed E-state index contributed by atoms with van der Waals surface area (Å²) < 4.78 is 17.1. The van der Waals surface area contributed by atoms with Crippen LogP contribution in [0.3, 0.4) is 0 Å². The number of aromatic nitrogens is 4. The third-order valence-electron chi connectivity index (χ3n) is 4.89. The molecule has 0 saturated heterocycles. The van der Waals surface area contributed by atoms with Crippen molar-refractivity contribution in [3.05, 3.63) is 50.9 Å². The zero-order chi connectivity index (χ0) is 20.2. The Hall–Kier alpha value is -3.43. The van der Waals surface area contributed by atoms with Gasteiger partial charge in [0.2, 0.25) is 11.9 Å². The zero-order valence-electron chi connectivity index (χ0n) is 15.4. The summed E-state index contributed by atoms with van der Waals surface area (Å²) in [5.74, 6) is -0.475. The van der Waals surface area contributed by atoms with Gasteiger partial charge in [0.1, 0.15) is 12.4 Å². The normalized spacial score (nSPS) is 16.4. The number of imidazole rings is 1. The van der Waals surface area contributed by atoms with Gasteiger partial charge in [-0.3, -0.25) is 14.2 Å². The lowest BCUT2D eigenvalue weighted by Crippen LogP contribution is -2.43. The van der Waals surface area contributed by atoms with Crippen LogP contribution in [0.4, 0.5) is 16.0 Å². The minimum atomic E-state index is -0.779. The number of benzene rings is 1. The molecule has 10 heteroatoms. The number of nitrogens with two attached hydrogens (primary N) is 1. The molecule has 2 N–H and O–H groups in total. The standard InChI is InChI=1S/C18H19FN6O3/c1-10-7-23(12-5-3-11(19)4-6-12)17-21-15-14(24(17)8-10)16(27)25(9-13(20)26)18(28)22(15)2/h3-6,10H,7-9H2,1-2H3,(H2,20,26)/t10-/m0/s1. The van der Waals surface area contributed by atoms with E-state index in [2.05, 4.69) is 4.98 Å². The molecule has 1 aliphatic rings. The number of halogens is 1. The summed E-state index contributed by atoms with van der Waals surface area (Å²) in [5.41, 5.74) is 5.12. The third kappa shape index (κ3) is 2.68. The Morgan fingerprint density at radius 3 is 2.57 bits per heavy atom. The van der Waals surface area contributed by atoms with E-state index in [0.717, 1.165) is 10.3 Å². The van der Waals surface area contributed by atoms with Gasteiger partial charge in [-0.25, -0.2) is 13.8 Å². The molecule has 0 radical (unpaired) electrons. The Morgan fingerprint density at radius 1 is 1.25 bits per heavy atom. The molecule has 2 aromatic heterocycles. The molecule has 1 aliphatic heterocycles. The largest absolute Gasteiger partial charge is 0.368 e. The molecular formula is C18H19FN6O3. The summed E-state index contributed by atoms with van der Waals surface area (Å²) in [5, 5.41) is 0. The van der Waals surface area contributed by atoms with Crippen molar-refractivity contribution in [2.45, 2.75) is 20.0 Å². The number of rotatable bonds is 3. The molecule has 0 spiro atoms. The van der Waals surface area contributed by atoms with Crippen molar-refractivity contribution in [3.63, 3.8) is 0 Å². The van der Waals surface area contributed by atoms with Crippen LogP contribution in [0.15, 0.2) is 33.9 Å². The van der Waals surface area contributed by atoms with Crippen molar-refractivity contribution in [1.29, 1.82) is 0 Å². The average Bonchev–Trinajstić information content (AvgIpc) is 3.03. The van der Waals surface area contributed by atoms with Crippen molar-refractivity contribution in [2.24, 2.45) is 18.7 Å². The van der Waals surface area contributed by atoms with Crippen molar-refractivity contribution in [1.82, 2.24) is 18.7 Å². The monoisotopic (exact) mass is 386 g/mol. The number of carbonyl (C=O) groups excluding carboxylic acids is 1. The molecule has 4 rings (SSSR count).